The Kier molecular flexibility index (Phi) is 5.70. The fourth-order valence-corrected chi connectivity index (χ4v) is 4.67. The summed E-state index contributed by atoms with van der Waals surface area (Å²) in [4.78, 5) is 20.1. The molecule has 9 heteroatoms. The maximum absolute atomic E-state index is 14.3. The number of aromatic nitrogens is 2. The molecule has 5 rings (SSSR count). The van der Waals surface area contributed by atoms with Crippen molar-refractivity contribution in [2.75, 3.05) is 0 Å². The van der Waals surface area contributed by atoms with Gasteiger partial charge in [-0.3, -0.25) is 4.90 Å². The number of hydrogen-bond donors (Lipinski definition) is 1. The van der Waals surface area contributed by atoms with E-state index >= 15 is 0 Å². The molecule has 0 aliphatic carbocycles. The number of hydrogen-bond acceptors (Lipinski definition) is 5. The number of halogens is 2. The Hall–Kier alpha value is -3.49. The minimum Gasteiger partial charge on any atom is -0.334 e. The quantitative estimate of drug-likeness (QED) is 0.364. The van der Waals surface area contributed by atoms with Crippen molar-refractivity contribution in [1.82, 2.24) is 20.4 Å². The monoisotopic (exact) mass is 480 g/mol. The molecule has 2 aromatic carbocycles. The molecule has 2 amide bonds. The molecule has 2 aromatic heterocycles. The lowest BCUT2D eigenvalue weighted by Gasteiger charge is -2.35. The van der Waals surface area contributed by atoms with E-state index in [0.29, 0.717) is 27.7 Å². The summed E-state index contributed by atoms with van der Waals surface area (Å²) in [5, 5.41) is 9.60. The van der Waals surface area contributed by atoms with Crippen LogP contribution in [0.15, 0.2) is 76.3 Å². The molecule has 1 unspecified atom stereocenters. The molecule has 4 aromatic rings. The topological polar surface area (TPSA) is 71.3 Å². The van der Waals surface area contributed by atoms with Crippen LogP contribution in [0, 0.1) is 5.82 Å². The summed E-state index contributed by atoms with van der Waals surface area (Å²) in [6.45, 7) is 1.85. The summed E-state index contributed by atoms with van der Waals surface area (Å²) < 4.78 is 20.0. The maximum atomic E-state index is 14.3. The zero-order valence-corrected chi connectivity index (χ0v) is 19.0. The lowest BCUT2D eigenvalue weighted by Crippen LogP contribution is -2.45. The number of benzene rings is 2. The van der Waals surface area contributed by atoms with Crippen molar-refractivity contribution in [3.05, 3.63) is 99.6 Å². The zero-order valence-electron chi connectivity index (χ0n) is 17.5. The number of carbonyl (C=O) groups is 1. The molecule has 1 aliphatic rings. The Balaban J connectivity index is 1.62. The third-order valence-electron chi connectivity index (χ3n) is 5.46. The van der Waals surface area contributed by atoms with Crippen molar-refractivity contribution >= 4 is 34.5 Å². The first-order chi connectivity index (χ1) is 16.0. The number of amides is 2. The van der Waals surface area contributed by atoms with E-state index in [4.69, 9.17) is 16.1 Å². The van der Waals surface area contributed by atoms with E-state index in [0.717, 1.165) is 10.4 Å². The van der Waals surface area contributed by atoms with E-state index in [1.807, 2.05) is 29.6 Å². The van der Waals surface area contributed by atoms with Gasteiger partial charge in [-0.05, 0) is 42.1 Å². The van der Waals surface area contributed by atoms with Gasteiger partial charge >= 0.3 is 6.03 Å². The number of carbonyl (C=O) groups excluding carboxylic acids is 1. The zero-order chi connectivity index (χ0) is 22.9. The second-order valence-electron chi connectivity index (χ2n) is 7.51. The van der Waals surface area contributed by atoms with Crippen LogP contribution in [0.1, 0.15) is 30.0 Å². The van der Waals surface area contributed by atoms with Gasteiger partial charge in [0.25, 0.3) is 5.89 Å². The Morgan fingerprint density at radius 3 is 2.79 bits per heavy atom. The van der Waals surface area contributed by atoms with E-state index in [2.05, 4.69) is 15.5 Å². The van der Waals surface area contributed by atoms with Crippen molar-refractivity contribution in [2.45, 2.75) is 19.5 Å². The van der Waals surface area contributed by atoms with Gasteiger partial charge in [-0.25, -0.2) is 9.18 Å². The van der Waals surface area contributed by atoms with Crippen molar-refractivity contribution in [3.63, 3.8) is 0 Å². The van der Waals surface area contributed by atoms with Crippen LogP contribution < -0.4 is 5.32 Å². The van der Waals surface area contributed by atoms with Gasteiger partial charge < -0.3 is 9.84 Å². The third kappa shape index (κ3) is 4.15. The minimum atomic E-state index is -0.565. The largest absolute Gasteiger partial charge is 0.334 e. The normalized spacial score (nSPS) is 16.3. The summed E-state index contributed by atoms with van der Waals surface area (Å²) in [6.07, 6.45) is 0. The molecule has 0 radical (unpaired) electrons. The molecule has 0 saturated heterocycles. The predicted molar refractivity (Wildman–Crippen MR) is 125 cm³/mol. The number of nitrogens with zero attached hydrogens (tertiary/aromatic N) is 3. The first-order valence-electron chi connectivity index (χ1n) is 10.2. The predicted octanol–water partition coefficient (Wildman–Crippen LogP) is 6.29. The molecular formula is C24H18ClFN4O2S. The Bertz CT molecular complexity index is 1350. The maximum Gasteiger partial charge on any atom is 0.322 e. The van der Waals surface area contributed by atoms with Crippen molar-refractivity contribution in [2.24, 2.45) is 0 Å². The lowest BCUT2D eigenvalue weighted by molar-refractivity contribution is 0.202. The summed E-state index contributed by atoms with van der Waals surface area (Å²) in [7, 11) is 0. The summed E-state index contributed by atoms with van der Waals surface area (Å²) in [5.41, 5.74) is 2.39. The number of thiophene rings is 1. The summed E-state index contributed by atoms with van der Waals surface area (Å²) >= 11 is 7.72. The van der Waals surface area contributed by atoms with Crippen LogP contribution >= 0.6 is 22.9 Å². The fraction of sp³-hybridized carbons (Fsp3) is 0.125. The Morgan fingerprint density at radius 1 is 1.18 bits per heavy atom. The molecule has 6 nitrogen and oxygen atoms in total. The highest BCUT2D eigenvalue weighted by Crippen LogP contribution is 2.38. The first kappa shape index (κ1) is 21.4. The van der Waals surface area contributed by atoms with Crippen LogP contribution in [0.3, 0.4) is 0 Å². The van der Waals surface area contributed by atoms with E-state index in [-0.39, 0.29) is 24.3 Å². The highest BCUT2D eigenvalue weighted by molar-refractivity contribution is 7.13. The highest BCUT2D eigenvalue weighted by Gasteiger charge is 2.36. The first-order valence-corrected chi connectivity index (χ1v) is 11.4. The van der Waals surface area contributed by atoms with E-state index in [1.165, 1.54) is 22.3 Å². The smallest absolute Gasteiger partial charge is 0.322 e. The minimum absolute atomic E-state index is 0.0576. The lowest BCUT2D eigenvalue weighted by atomic mass is 9.94. The Morgan fingerprint density at radius 2 is 2.03 bits per heavy atom. The highest BCUT2D eigenvalue weighted by atomic mass is 35.5. The summed E-state index contributed by atoms with van der Waals surface area (Å²) in [6, 6.07) is 16.5. The van der Waals surface area contributed by atoms with Crippen LogP contribution in [0.25, 0.3) is 16.3 Å². The number of urea groups is 1. The molecular weight excluding hydrogens is 463 g/mol. The van der Waals surface area contributed by atoms with Crippen molar-refractivity contribution < 1.29 is 13.7 Å². The van der Waals surface area contributed by atoms with Crippen LogP contribution in [0.2, 0.25) is 5.02 Å². The van der Waals surface area contributed by atoms with E-state index < -0.39 is 6.04 Å². The molecule has 1 atom stereocenters. The van der Waals surface area contributed by atoms with Gasteiger partial charge in [0.1, 0.15) is 5.82 Å². The third-order valence-corrected chi connectivity index (χ3v) is 6.56. The Labute approximate surface area is 198 Å². The molecule has 1 aliphatic heterocycles. The molecule has 0 saturated carbocycles. The van der Waals surface area contributed by atoms with Gasteiger partial charge in [0.15, 0.2) is 0 Å². The van der Waals surface area contributed by atoms with Crippen molar-refractivity contribution in [1.29, 1.82) is 0 Å². The average Bonchev–Trinajstić information content (AvgIpc) is 3.49. The molecule has 1 N–H and O–H groups in total. The van der Waals surface area contributed by atoms with Crippen molar-refractivity contribution in [3.8, 4) is 10.7 Å². The van der Waals surface area contributed by atoms with Gasteiger partial charge in [-0.1, -0.05) is 53.2 Å². The van der Waals surface area contributed by atoms with Crippen LogP contribution in [-0.2, 0) is 6.54 Å². The standard InChI is InChI=1S/C24H18ClFN4O2S/c1-14-20(23-28-22(29-32-23)19-10-5-11-33-19)21(15-7-4-8-17(25)12-15)27-24(31)30(14)13-16-6-2-3-9-18(16)26/h2-12,21H,13H2,1H3,(H,27,31). The number of nitrogens with one attached hydrogen (secondary N) is 1. The van der Waals surface area contributed by atoms with Crippen LogP contribution in [0.5, 0.6) is 0 Å². The second-order valence-corrected chi connectivity index (χ2v) is 8.90. The fourth-order valence-electron chi connectivity index (χ4n) is 3.82. The molecule has 166 valence electrons. The van der Waals surface area contributed by atoms with Gasteiger partial charge in [-0.15, -0.1) is 11.3 Å². The molecule has 0 spiro atoms. The number of allylic oxidation sites excluding steroid dienone is 1. The molecule has 33 heavy (non-hydrogen) atoms. The SMILES string of the molecule is CC1=C(c2nc(-c3cccs3)no2)C(c2cccc(Cl)c2)NC(=O)N1Cc1ccccc1F. The van der Waals surface area contributed by atoms with Gasteiger partial charge in [0.2, 0.25) is 5.82 Å². The van der Waals surface area contributed by atoms with Gasteiger partial charge in [-0.2, -0.15) is 4.98 Å². The number of rotatable bonds is 5. The molecule has 3 heterocycles. The average molecular weight is 481 g/mol. The second kappa shape index (κ2) is 8.80. The van der Waals surface area contributed by atoms with Crippen LogP contribution in [0.4, 0.5) is 9.18 Å². The van der Waals surface area contributed by atoms with Gasteiger partial charge in [0.05, 0.1) is 23.0 Å². The van der Waals surface area contributed by atoms with E-state index in [9.17, 15) is 9.18 Å². The molecule has 0 fully saturated rings. The molecule has 0 bridgehead atoms. The van der Waals surface area contributed by atoms with Gasteiger partial charge in [0, 0.05) is 16.3 Å². The summed E-state index contributed by atoms with van der Waals surface area (Å²) in [5.74, 6) is 0.358. The van der Waals surface area contributed by atoms with E-state index in [1.54, 1.807) is 37.3 Å². The van der Waals surface area contributed by atoms with Crippen LogP contribution in [-0.4, -0.2) is 21.1 Å².